The predicted octanol–water partition coefficient (Wildman–Crippen LogP) is 4.35. The van der Waals surface area contributed by atoms with Gasteiger partial charge in [0.25, 0.3) is 0 Å². The van der Waals surface area contributed by atoms with Crippen LogP contribution in [0, 0.1) is 17.7 Å². The molecule has 2 heteroatoms. The number of hydrogen-bond donors (Lipinski definition) is 1. The Morgan fingerprint density at radius 2 is 1.95 bits per heavy atom. The van der Waals surface area contributed by atoms with Gasteiger partial charge in [-0.15, -0.1) is 0 Å². The van der Waals surface area contributed by atoms with Crippen LogP contribution in [0.25, 0.3) is 0 Å². The van der Waals surface area contributed by atoms with Crippen molar-refractivity contribution in [2.45, 2.75) is 44.9 Å². The first-order valence-electron chi connectivity index (χ1n) is 7.64. The van der Waals surface area contributed by atoms with Crippen molar-refractivity contribution < 1.29 is 4.39 Å². The smallest absolute Gasteiger partial charge is 0.123 e. The van der Waals surface area contributed by atoms with Crippen LogP contribution >= 0.6 is 0 Å². The number of hydrogen-bond acceptors (Lipinski definition) is 1. The SMILES string of the molecule is CCCC1CCC(CNC)C(c2ccc(F)cc2)C1. The molecule has 1 fully saturated rings. The van der Waals surface area contributed by atoms with Gasteiger partial charge >= 0.3 is 0 Å². The first-order chi connectivity index (χ1) is 9.24. The molecule has 19 heavy (non-hydrogen) atoms. The van der Waals surface area contributed by atoms with Crippen molar-refractivity contribution >= 4 is 0 Å². The molecular formula is C17H26FN. The van der Waals surface area contributed by atoms with Gasteiger partial charge in [0.15, 0.2) is 0 Å². The number of benzene rings is 1. The molecule has 0 aromatic heterocycles. The third-order valence-corrected chi connectivity index (χ3v) is 4.56. The van der Waals surface area contributed by atoms with Gasteiger partial charge in [-0.2, -0.15) is 0 Å². The van der Waals surface area contributed by atoms with E-state index in [1.165, 1.54) is 37.7 Å². The minimum atomic E-state index is -0.130. The van der Waals surface area contributed by atoms with Crippen LogP contribution in [0.3, 0.4) is 0 Å². The number of halogens is 1. The second-order valence-corrected chi connectivity index (χ2v) is 5.94. The highest BCUT2D eigenvalue weighted by Gasteiger charge is 2.30. The molecule has 3 atom stereocenters. The van der Waals surface area contributed by atoms with Crippen LogP contribution in [0.1, 0.15) is 50.5 Å². The Morgan fingerprint density at radius 1 is 1.21 bits per heavy atom. The average molecular weight is 263 g/mol. The minimum Gasteiger partial charge on any atom is -0.319 e. The lowest BCUT2D eigenvalue weighted by Gasteiger charge is -2.36. The fourth-order valence-electron chi connectivity index (χ4n) is 3.62. The van der Waals surface area contributed by atoms with Gasteiger partial charge in [-0.1, -0.05) is 38.3 Å². The molecule has 0 saturated heterocycles. The molecule has 1 aliphatic carbocycles. The van der Waals surface area contributed by atoms with Crippen molar-refractivity contribution in [3.05, 3.63) is 35.6 Å². The summed E-state index contributed by atoms with van der Waals surface area (Å²) in [5.41, 5.74) is 1.32. The molecule has 1 aromatic carbocycles. The highest BCUT2D eigenvalue weighted by atomic mass is 19.1. The van der Waals surface area contributed by atoms with Gasteiger partial charge in [-0.25, -0.2) is 4.39 Å². The first kappa shape index (κ1) is 14.5. The predicted molar refractivity (Wildman–Crippen MR) is 78.8 cm³/mol. The van der Waals surface area contributed by atoms with Crippen molar-refractivity contribution in [2.75, 3.05) is 13.6 Å². The monoisotopic (exact) mass is 263 g/mol. The van der Waals surface area contributed by atoms with E-state index in [-0.39, 0.29) is 5.82 Å². The van der Waals surface area contributed by atoms with Crippen molar-refractivity contribution in [2.24, 2.45) is 11.8 Å². The maximum Gasteiger partial charge on any atom is 0.123 e. The highest BCUT2D eigenvalue weighted by molar-refractivity contribution is 5.22. The lowest BCUT2D eigenvalue weighted by Crippen LogP contribution is -2.30. The van der Waals surface area contributed by atoms with Crippen molar-refractivity contribution in [1.82, 2.24) is 5.32 Å². The summed E-state index contributed by atoms with van der Waals surface area (Å²) in [5.74, 6) is 2.02. The quantitative estimate of drug-likeness (QED) is 0.833. The zero-order valence-corrected chi connectivity index (χ0v) is 12.2. The van der Waals surface area contributed by atoms with Crippen LogP contribution in [0.4, 0.5) is 4.39 Å². The standard InChI is InChI=1S/C17H26FN/c1-3-4-13-5-6-15(12-19-2)17(11-13)14-7-9-16(18)10-8-14/h7-10,13,15,17,19H,3-6,11-12H2,1-2H3. The zero-order valence-electron chi connectivity index (χ0n) is 12.2. The summed E-state index contributed by atoms with van der Waals surface area (Å²) >= 11 is 0. The van der Waals surface area contributed by atoms with Gasteiger partial charge in [0.2, 0.25) is 0 Å². The molecule has 1 nitrogen and oxygen atoms in total. The maximum absolute atomic E-state index is 13.1. The minimum absolute atomic E-state index is 0.130. The second-order valence-electron chi connectivity index (χ2n) is 5.94. The van der Waals surface area contributed by atoms with E-state index < -0.39 is 0 Å². The lowest BCUT2D eigenvalue weighted by atomic mass is 9.70. The Hall–Kier alpha value is -0.890. The molecule has 0 bridgehead atoms. The molecule has 106 valence electrons. The van der Waals surface area contributed by atoms with Crippen LogP contribution in [-0.4, -0.2) is 13.6 Å². The van der Waals surface area contributed by atoms with Crippen molar-refractivity contribution in [3.8, 4) is 0 Å². The summed E-state index contributed by atoms with van der Waals surface area (Å²) in [5, 5.41) is 3.32. The molecule has 1 saturated carbocycles. The largest absolute Gasteiger partial charge is 0.319 e. The average Bonchev–Trinajstić information content (AvgIpc) is 2.42. The molecule has 0 radical (unpaired) electrons. The molecular weight excluding hydrogens is 237 g/mol. The van der Waals surface area contributed by atoms with Gasteiger partial charge in [0.1, 0.15) is 5.82 Å². The summed E-state index contributed by atoms with van der Waals surface area (Å²) in [6.07, 6.45) is 6.54. The van der Waals surface area contributed by atoms with Gasteiger partial charge in [0, 0.05) is 0 Å². The van der Waals surface area contributed by atoms with E-state index in [1.54, 1.807) is 12.1 Å². The van der Waals surface area contributed by atoms with Crippen LogP contribution in [0.5, 0.6) is 0 Å². The number of rotatable bonds is 5. The van der Waals surface area contributed by atoms with Crippen LogP contribution in [0.15, 0.2) is 24.3 Å². The topological polar surface area (TPSA) is 12.0 Å². The van der Waals surface area contributed by atoms with Crippen molar-refractivity contribution in [3.63, 3.8) is 0 Å². The van der Waals surface area contributed by atoms with Gasteiger partial charge in [-0.3, -0.25) is 0 Å². The highest BCUT2D eigenvalue weighted by Crippen LogP contribution is 2.41. The van der Waals surface area contributed by atoms with E-state index >= 15 is 0 Å². The Kier molecular flexibility index (Phi) is 5.38. The van der Waals surface area contributed by atoms with Gasteiger partial charge < -0.3 is 5.32 Å². The normalized spacial score (nSPS) is 27.4. The molecule has 2 rings (SSSR count). The fraction of sp³-hybridized carbons (Fsp3) is 0.647. The Labute approximate surface area is 116 Å². The van der Waals surface area contributed by atoms with Crippen LogP contribution in [-0.2, 0) is 0 Å². The third kappa shape index (κ3) is 3.79. The summed E-state index contributed by atoms with van der Waals surface area (Å²) < 4.78 is 13.1. The van der Waals surface area contributed by atoms with Gasteiger partial charge in [0.05, 0.1) is 0 Å². The van der Waals surface area contributed by atoms with E-state index in [0.29, 0.717) is 11.8 Å². The van der Waals surface area contributed by atoms with E-state index in [9.17, 15) is 4.39 Å². The van der Waals surface area contributed by atoms with Crippen LogP contribution in [0.2, 0.25) is 0 Å². The fourth-order valence-corrected chi connectivity index (χ4v) is 3.62. The Bertz CT molecular complexity index is 373. The molecule has 0 spiro atoms. The summed E-state index contributed by atoms with van der Waals surface area (Å²) in [6.45, 7) is 3.34. The van der Waals surface area contributed by atoms with Gasteiger partial charge in [-0.05, 0) is 61.9 Å². The summed E-state index contributed by atoms with van der Waals surface area (Å²) in [7, 11) is 2.03. The summed E-state index contributed by atoms with van der Waals surface area (Å²) in [6, 6.07) is 7.18. The molecule has 1 aliphatic rings. The summed E-state index contributed by atoms with van der Waals surface area (Å²) in [4.78, 5) is 0. The Morgan fingerprint density at radius 3 is 2.58 bits per heavy atom. The molecule has 0 heterocycles. The van der Waals surface area contributed by atoms with E-state index in [4.69, 9.17) is 0 Å². The van der Waals surface area contributed by atoms with E-state index in [2.05, 4.69) is 12.2 Å². The maximum atomic E-state index is 13.1. The zero-order chi connectivity index (χ0) is 13.7. The first-order valence-corrected chi connectivity index (χ1v) is 7.64. The molecule has 0 amide bonds. The van der Waals surface area contributed by atoms with Crippen molar-refractivity contribution in [1.29, 1.82) is 0 Å². The molecule has 0 aliphatic heterocycles. The van der Waals surface area contributed by atoms with Crippen LogP contribution < -0.4 is 5.32 Å². The lowest BCUT2D eigenvalue weighted by molar-refractivity contribution is 0.223. The molecule has 3 unspecified atom stereocenters. The number of nitrogens with one attached hydrogen (secondary N) is 1. The molecule has 1 aromatic rings. The third-order valence-electron chi connectivity index (χ3n) is 4.56. The molecule has 1 N–H and O–H groups in total. The Balaban J connectivity index is 2.12. The second kappa shape index (κ2) is 7.04. The van der Waals surface area contributed by atoms with E-state index in [1.807, 2.05) is 19.2 Å². The van der Waals surface area contributed by atoms with E-state index in [0.717, 1.165) is 12.5 Å².